The van der Waals surface area contributed by atoms with Gasteiger partial charge in [0, 0.05) is 6.54 Å². The van der Waals surface area contributed by atoms with Crippen LogP contribution in [0.25, 0.3) is 0 Å². The van der Waals surface area contributed by atoms with Gasteiger partial charge < -0.3 is 10.3 Å². The summed E-state index contributed by atoms with van der Waals surface area (Å²) in [4.78, 5) is 0. The molecule has 2 atom stereocenters. The summed E-state index contributed by atoms with van der Waals surface area (Å²) >= 11 is 0. The Kier molecular flexibility index (Phi) is 5.58. The van der Waals surface area contributed by atoms with Gasteiger partial charge in [-0.1, -0.05) is 13.8 Å². The number of aliphatic hydroxyl groups excluding tert-OH is 1. The zero-order valence-electron chi connectivity index (χ0n) is 6.67. The topological polar surface area (TPSA) is 52.5 Å². The predicted octanol–water partition coefficient (Wildman–Crippen LogP) is 0.762. The fourth-order valence-electron chi connectivity index (χ4n) is 0.887. The normalized spacial score (nSPS) is 16.8. The van der Waals surface area contributed by atoms with E-state index in [0.717, 1.165) is 12.8 Å². The molecule has 0 fully saturated rings. The van der Waals surface area contributed by atoms with Crippen molar-refractivity contribution in [3.05, 3.63) is 0 Å². The molecule has 0 aliphatic rings. The van der Waals surface area contributed by atoms with Crippen LogP contribution in [0, 0.1) is 5.92 Å². The lowest BCUT2D eigenvalue weighted by Gasteiger charge is -2.15. The Bertz CT molecular complexity index is 78.0. The number of rotatable bonds is 5. The van der Waals surface area contributed by atoms with Gasteiger partial charge in [-0.05, 0) is 18.8 Å². The summed E-state index contributed by atoms with van der Waals surface area (Å²) < 4.78 is 0. The van der Waals surface area contributed by atoms with Gasteiger partial charge in [0.05, 0.1) is 6.10 Å². The molecule has 10 heavy (non-hydrogen) atoms. The zero-order chi connectivity index (χ0) is 7.98. The number of hydroxylamine groups is 1. The smallest absolute Gasteiger partial charge is 0.0563 e. The van der Waals surface area contributed by atoms with Crippen molar-refractivity contribution >= 4 is 0 Å². The molecular formula is C7H17NO2. The summed E-state index contributed by atoms with van der Waals surface area (Å²) in [7, 11) is 0. The number of hydrogen-bond acceptors (Lipinski definition) is 3. The number of aliphatic hydroxyl groups is 1. The Morgan fingerprint density at radius 3 is 2.50 bits per heavy atom. The molecule has 0 heterocycles. The highest BCUT2D eigenvalue weighted by Crippen LogP contribution is 2.09. The number of nitrogens with one attached hydrogen (secondary N) is 1. The van der Waals surface area contributed by atoms with E-state index in [0.29, 0.717) is 6.54 Å². The molecule has 0 saturated carbocycles. The summed E-state index contributed by atoms with van der Waals surface area (Å²) in [6.07, 6.45) is 1.37. The minimum absolute atomic E-state index is 0.228. The summed E-state index contributed by atoms with van der Waals surface area (Å²) in [6.45, 7) is 4.48. The van der Waals surface area contributed by atoms with E-state index < -0.39 is 0 Å². The Labute approximate surface area is 62.0 Å². The van der Waals surface area contributed by atoms with E-state index in [1.165, 1.54) is 0 Å². The first kappa shape index (κ1) is 9.88. The van der Waals surface area contributed by atoms with Gasteiger partial charge in [0.25, 0.3) is 0 Å². The van der Waals surface area contributed by atoms with Gasteiger partial charge in [-0.25, -0.2) is 5.48 Å². The van der Waals surface area contributed by atoms with Gasteiger partial charge in [0.2, 0.25) is 0 Å². The quantitative estimate of drug-likeness (QED) is 0.503. The Morgan fingerprint density at radius 1 is 1.50 bits per heavy atom. The monoisotopic (exact) mass is 147 g/mol. The molecule has 0 rings (SSSR count). The van der Waals surface area contributed by atoms with Crippen LogP contribution in [0.2, 0.25) is 0 Å². The van der Waals surface area contributed by atoms with Crippen molar-refractivity contribution in [1.82, 2.24) is 5.48 Å². The SMILES string of the molecule is CCC(O)C(C)CCNO. The van der Waals surface area contributed by atoms with Gasteiger partial charge in [0.15, 0.2) is 0 Å². The summed E-state index contributed by atoms with van der Waals surface area (Å²) in [6, 6.07) is 0. The second-order valence-corrected chi connectivity index (χ2v) is 2.65. The third kappa shape index (κ3) is 3.82. The van der Waals surface area contributed by atoms with Crippen LogP contribution in [0.15, 0.2) is 0 Å². The molecule has 0 aliphatic heterocycles. The van der Waals surface area contributed by atoms with E-state index in [-0.39, 0.29) is 12.0 Å². The fourth-order valence-corrected chi connectivity index (χ4v) is 0.887. The minimum atomic E-state index is -0.228. The number of hydrogen-bond donors (Lipinski definition) is 3. The van der Waals surface area contributed by atoms with Crippen molar-refractivity contribution in [2.24, 2.45) is 5.92 Å². The van der Waals surface area contributed by atoms with Gasteiger partial charge in [-0.3, -0.25) is 0 Å². The Balaban J connectivity index is 3.31. The van der Waals surface area contributed by atoms with Gasteiger partial charge in [-0.15, -0.1) is 0 Å². The lowest BCUT2D eigenvalue weighted by molar-refractivity contribution is 0.0944. The Morgan fingerprint density at radius 2 is 2.10 bits per heavy atom. The van der Waals surface area contributed by atoms with Crippen LogP contribution in [-0.4, -0.2) is 23.0 Å². The van der Waals surface area contributed by atoms with Crippen molar-refractivity contribution < 1.29 is 10.3 Å². The predicted molar refractivity (Wildman–Crippen MR) is 39.9 cm³/mol. The van der Waals surface area contributed by atoms with Crippen LogP contribution in [0.1, 0.15) is 26.7 Å². The van der Waals surface area contributed by atoms with Crippen molar-refractivity contribution in [3.63, 3.8) is 0 Å². The van der Waals surface area contributed by atoms with Crippen molar-refractivity contribution in [2.45, 2.75) is 32.8 Å². The van der Waals surface area contributed by atoms with Crippen LogP contribution >= 0.6 is 0 Å². The molecule has 3 N–H and O–H groups in total. The highest BCUT2D eigenvalue weighted by Gasteiger charge is 2.10. The summed E-state index contributed by atoms with van der Waals surface area (Å²) in [5.41, 5.74) is 2.07. The first-order valence-corrected chi connectivity index (χ1v) is 3.77. The molecule has 0 spiro atoms. The molecular weight excluding hydrogens is 130 g/mol. The second-order valence-electron chi connectivity index (χ2n) is 2.65. The van der Waals surface area contributed by atoms with E-state index in [1.807, 2.05) is 13.8 Å². The molecule has 0 aromatic heterocycles. The summed E-state index contributed by atoms with van der Waals surface area (Å²) in [5.74, 6) is 0.268. The van der Waals surface area contributed by atoms with Gasteiger partial charge in [-0.2, -0.15) is 0 Å². The zero-order valence-corrected chi connectivity index (χ0v) is 6.67. The average molecular weight is 147 g/mol. The molecule has 0 saturated heterocycles. The van der Waals surface area contributed by atoms with Crippen LogP contribution in [0.5, 0.6) is 0 Å². The van der Waals surface area contributed by atoms with Crippen LogP contribution in [-0.2, 0) is 0 Å². The van der Waals surface area contributed by atoms with Crippen LogP contribution in [0.4, 0.5) is 0 Å². The first-order valence-electron chi connectivity index (χ1n) is 3.77. The highest BCUT2D eigenvalue weighted by atomic mass is 16.5. The molecule has 0 aromatic rings. The minimum Gasteiger partial charge on any atom is -0.393 e. The van der Waals surface area contributed by atoms with Crippen molar-refractivity contribution in [2.75, 3.05) is 6.54 Å². The molecule has 62 valence electrons. The maximum absolute atomic E-state index is 9.24. The molecule has 0 bridgehead atoms. The Hall–Kier alpha value is -0.120. The standard InChI is InChI=1S/C7H17NO2/c1-3-7(9)6(2)4-5-8-10/h6-10H,3-5H2,1-2H3. The van der Waals surface area contributed by atoms with Crippen LogP contribution in [0.3, 0.4) is 0 Å². The van der Waals surface area contributed by atoms with E-state index in [1.54, 1.807) is 0 Å². The third-order valence-corrected chi connectivity index (χ3v) is 1.79. The maximum Gasteiger partial charge on any atom is 0.0563 e. The average Bonchev–Trinajstić information content (AvgIpc) is 1.98. The molecule has 2 unspecified atom stereocenters. The van der Waals surface area contributed by atoms with E-state index >= 15 is 0 Å². The molecule has 3 heteroatoms. The lowest BCUT2D eigenvalue weighted by Crippen LogP contribution is -2.21. The third-order valence-electron chi connectivity index (χ3n) is 1.79. The van der Waals surface area contributed by atoms with E-state index in [4.69, 9.17) is 5.21 Å². The van der Waals surface area contributed by atoms with Gasteiger partial charge in [0.1, 0.15) is 0 Å². The fraction of sp³-hybridized carbons (Fsp3) is 1.00. The largest absolute Gasteiger partial charge is 0.393 e. The molecule has 0 radical (unpaired) electrons. The first-order chi connectivity index (χ1) is 4.72. The van der Waals surface area contributed by atoms with E-state index in [2.05, 4.69) is 5.48 Å². The lowest BCUT2D eigenvalue weighted by atomic mass is 9.99. The molecule has 0 aromatic carbocycles. The highest BCUT2D eigenvalue weighted by molar-refractivity contribution is 4.62. The van der Waals surface area contributed by atoms with E-state index in [9.17, 15) is 5.11 Å². The second kappa shape index (κ2) is 5.65. The maximum atomic E-state index is 9.24. The van der Waals surface area contributed by atoms with Crippen molar-refractivity contribution in [3.8, 4) is 0 Å². The molecule has 0 aliphatic carbocycles. The molecule has 3 nitrogen and oxygen atoms in total. The molecule has 0 amide bonds. The van der Waals surface area contributed by atoms with Crippen LogP contribution < -0.4 is 5.48 Å². The van der Waals surface area contributed by atoms with Gasteiger partial charge >= 0.3 is 0 Å². The summed E-state index contributed by atoms with van der Waals surface area (Å²) in [5, 5.41) is 17.5. The van der Waals surface area contributed by atoms with Crippen molar-refractivity contribution in [1.29, 1.82) is 0 Å².